The topological polar surface area (TPSA) is 358 Å². The van der Waals surface area contributed by atoms with Crippen LogP contribution in [0.25, 0.3) is 10.8 Å². The Morgan fingerprint density at radius 1 is 0.720 bits per heavy atom. The van der Waals surface area contributed by atoms with E-state index in [4.69, 9.17) is 52.1 Å². The van der Waals surface area contributed by atoms with Gasteiger partial charge in [-0.15, -0.1) is 0 Å². The second-order valence-electron chi connectivity index (χ2n) is 21.4. The first-order valence-electron chi connectivity index (χ1n) is 25.5. The molecule has 11 N–H and O–H groups in total. The molecule has 0 aromatic heterocycles. The van der Waals surface area contributed by atoms with E-state index in [1.807, 2.05) is 0 Å². The Kier molecular flexibility index (Phi) is 17.3. The number of aliphatic hydroxyl groups is 9. The highest BCUT2D eigenvalue weighted by atomic mass is 16.8. The summed E-state index contributed by atoms with van der Waals surface area (Å²) in [6.07, 6.45) is -25.5. The van der Waals surface area contributed by atoms with Gasteiger partial charge in [-0.3, -0.25) is 9.59 Å². The number of fused-ring (bicyclic) bond motifs is 2. The van der Waals surface area contributed by atoms with Gasteiger partial charge in [0, 0.05) is 50.7 Å². The number of aromatic hydroxyl groups is 2. The average molecular weight is 1070 g/mol. The zero-order chi connectivity index (χ0) is 54.9. The third-order valence-corrected chi connectivity index (χ3v) is 15.8. The molecule has 0 radical (unpaired) electrons. The van der Waals surface area contributed by atoms with Gasteiger partial charge in [0.25, 0.3) is 0 Å². The van der Waals surface area contributed by atoms with Crippen LogP contribution in [-0.4, -0.2) is 215 Å². The fourth-order valence-electron chi connectivity index (χ4n) is 11.2. The monoisotopic (exact) mass is 1070 g/mol. The number of aliphatic hydroxyl groups excluding tert-OH is 6. The lowest BCUT2D eigenvalue weighted by Crippen LogP contribution is -2.63. The van der Waals surface area contributed by atoms with Crippen molar-refractivity contribution < 1.29 is 118 Å². The highest BCUT2D eigenvalue weighted by Crippen LogP contribution is 2.48. The first kappa shape index (κ1) is 57.8. The van der Waals surface area contributed by atoms with Crippen LogP contribution in [0.4, 0.5) is 0 Å². The van der Waals surface area contributed by atoms with Crippen molar-refractivity contribution in [3.8, 4) is 17.2 Å². The van der Waals surface area contributed by atoms with Crippen molar-refractivity contribution in [1.82, 2.24) is 0 Å². The minimum absolute atomic E-state index is 0.0265. The predicted octanol–water partition coefficient (Wildman–Crippen LogP) is -0.290. The number of phenols is 2. The summed E-state index contributed by atoms with van der Waals surface area (Å²) in [7, 11) is 1.25. The number of ketones is 2. The maximum absolute atomic E-state index is 15.0. The molecule has 5 fully saturated rings. The Hall–Kier alpha value is -3.32. The summed E-state index contributed by atoms with van der Waals surface area (Å²) < 4.78 is 66.1. The normalized spacial score (nSPS) is 42.2. The van der Waals surface area contributed by atoms with Crippen molar-refractivity contribution in [2.24, 2.45) is 5.92 Å². The van der Waals surface area contributed by atoms with E-state index >= 15 is 0 Å². The number of carbonyl (C=O) groups excluding carboxylic acids is 2. The maximum Gasteiger partial charge on any atom is 0.217 e. The van der Waals surface area contributed by atoms with Crippen molar-refractivity contribution in [3.63, 3.8) is 0 Å². The van der Waals surface area contributed by atoms with Crippen molar-refractivity contribution in [2.45, 2.75) is 234 Å². The lowest BCUT2D eigenvalue weighted by atomic mass is 9.75. The summed E-state index contributed by atoms with van der Waals surface area (Å²) in [5, 5.41) is 121. The molecule has 8 rings (SSSR count). The molecule has 23 atom stereocenters. The molecule has 1 aliphatic carbocycles. The SMILES string of the molecule is CO[C@@H]([C@@H]1Cc2cc3cc(OC4CC(OC5CC(O)C(O)C(C)O5)C(O)C(C)O4)c(C)c(O)c3c(O)c2C(=O)[C@H]1OC1CC(OC2CC(OC3CC(C)(O)C(O)C(C)O3)C(O)(O)C(C)O2)C(O)C(C)O1)[C@@H](O)C(C)=O. The van der Waals surface area contributed by atoms with Crippen LogP contribution in [0.3, 0.4) is 0 Å². The standard InChI is InChI=1S/C51H74O24/c1-18-29(71-34-14-30(43(57)21(4)67-34)72-33-13-28(53)42(56)20(3)66-33)12-26-10-25-11-27(47(65-9)41(55)19(2)52)48(46(60)39(25)45(59)38(26)40(18)54)75-35-15-31(44(58)22(5)68-35)73-36-16-32(51(63,64)24(7)70-36)74-37-17-50(8,62)49(61)23(6)69-37/h10,12,20-24,27-28,30-37,41-44,47-49,53-59,61-64H,11,13-17H2,1-9H3/t20?,21?,22?,23?,24?,27-,28?,30?,31?,32?,33?,34?,35?,36?,37?,41-,42?,43?,44?,47-,48-,49?,50?/m0/s1. The van der Waals surface area contributed by atoms with Crippen molar-refractivity contribution >= 4 is 22.3 Å². The molecular formula is C51H74O24. The quantitative estimate of drug-likeness (QED) is 0.108. The highest BCUT2D eigenvalue weighted by Gasteiger charge is 2.54. The number of carbonyl (C=O) groups is 2. The Morgan fingerprint density at radius 2 is 1.28 bits per heavy atom. The molecule has 2 aromatic carbocycles. The third kappa shape index (κ3) is 11.6. The minimum atomic E-state index is -2.57. The zero-order valence-corrected chi connectivity index (χ0v) is 43.3. The number of ether oxygens (including phenoxy) is 11. The number of methoxy groups -OCH3 is 1. The minimum Gasteiger partial charge on any atom is -0.507 e. The first-order chi connectivity index (χ1) is 35.1. The molecule has 2 aromatic rings. The van der Waals surface area contributed by atoms with E-state index in [-0.39, 0.29) is 71.7 Å². The molecule has 24 heteroatoms. The van der Waals surface area contributed by atoms with Crippen molar-refractivity contribution in [2.75, 3.05) is 7.11 Å². The highest BCUT2D eigenvalue weighted by molar-refractivity contribution is 6.11. The smallest absolute Gasteiger partial charge is 0.217 e. The Labute approximate surface area is 432 Å². The van der Waals surface area contributed by atoms with Crippen LogP contribution in [0.15, 0.2) is 12.1 Å². The lowest BCUT2D eigenvalue weighted by molar-refractivity contribution is -0.392. The van der Waals surface area contributed by atoms with Crippen molar-refractivity contribution in [1.29, 1.82) is 0 Å². The van der Waals surface area contributed by atoms with Gasteiger partial charge >= 0.3 is 0 Å². The molecule has 24 nitrogen and oxygen atoms in total. The summed E-state index contributed by atoms with van der Waals surface area (Å²) in [6.45, 7) is 11.7. The number of hydrogen-bond donors (Lipinski definition) is 11. The number of hydrogen-bond acceptors (Lipinski definition) is 24. The van der Waals surface area contributed by atoms with Crippen LogP contribution >= 0.6 is 0 Å². The van der Waals surface area contributed by atoms with Crippen LogP contribution < -0.4 is 4.74 Å². The van der Waals surface area contributed by atoms with E-state index in [0.29, 0.717) is 0 Å². The first-order valence-corrected chi connectivity index (χ1v) is 25.5. The molecule has 19 unspecified atom stereocenters. The maximum atomic E-state index is 15.0. The number of rotatable bonds is 14. The Morgan fingerprint density at radius 3 is 1.87 bits per heavy atom. The molecule has 0 bridgehead atoms. The summed E-state index contributed by atoms with van der Waals surface area (Å²) in [4.78, 5) is 27.7. The molecule has 422 valence electrons. The molecule has 5 saturated heterocycles. The summed E-state index contributed by atoms with van der Waals surface area (Å²) >= 11 is 0. The fourth-order valence-corrected chi connectivity index (χ4v) is 11.2. The lowest BCUT2D eigenvalue weighted by Gasteiger charge is -2.48. The van der Waals surface area contributed by atoms with Gasteiger partial charge in [0.15, 0.2) is 36.7 Å². The van der Waals surface area contributed by atoms with Gasteiger partial charge in [-0.25, -0.2) is 0 Å². The van der Waals surface area contributed by atoms with Gasteiger partial charge in [0.1, 0.15) is 66.1 Å². The van der Waals surface area contributed by atoms with E-state index in [1.54, 1.807) is 19.9 Å². The van der Waals surface area contributed by atoms with Gasteiger partial charge in [0.05, 0.1) is 65.4 Å². The molecule has 6 aliphatic rings. The van der Waals surface area contributed by atoms with Gasteiger partial charge in [-0.2, -0.15) is 0 Å². The van der Waals surface area contributed by atoms with Gasteiger partial charge in [0.2, 0.25) is 12.1 Å². The number of Topliss-reactive ketones (excluding diaryl/α,β-unsaturated/α-hetero) is 2. The fraction of sp³-hybridized carbons (Fsp3) is 0.765. The van der Waals surface area contributed by atoms with E-state index < -0.39 is 169 Å². The van der Waals surface area contributed by atoms with E-state index in [1.165, 1.54) is 47.8 Å². The Bertz CT molecular complexity index is 2350. The zero-order valence-electron chi connectivity index (χ0n) is 43.3. The average Bonchev–Trinajstić information content (AvgIpc) is 3.33. The van der Waals surface area contributed by atoms with Gasteiger partial charge < -0.3 is 108 Å². The summed E-state index contributed by atoms with van der Waals surface area (Å²) in [5.74, 6) is -6.12. The second-order valence-corrected chi connectivity index (χ2v) is 21.4. The second kappa shape index (κ2) is 22.4. The van der Waals surface area contributed by atoms with Crippen LogP contribution in [0.2, 0.25) is 0 Å². The Balaban J connectivity index is 1.03. The molecule has 0 spiro atoms. The van der Waals surface area contributed by atoms with Gasteiger partial charge in [-0.05, 0) is 84.9 Å². The van der Waals surface area contributed by atoms with E-state index in [0.717, 1.165) is 6.92 Å². The van der Waals surface area contributed by atoms with Crippen LogP contribution in [0.5, 0.6) is 17.2 Å². The summed E-state index contributed by atoms with van der Waals surface area (Å²) in [6, 6.07) is 3.08. The molecule has 5 heterocycles. The van der Waals surface area contributed by atoms with E-state index in [9.17, 15) is 65.8 Å². The number of benzene rings is 2. The predicted molar refractivity (Wildman–Crippen MR) is 254 cm³/mol. The van der Waals surface area contributed by atoms with Crippen LogP contribution in [0.1, 0.15) is 102 Å². The molecule has 75 heavy (non-hydrogen) atoms. The molecular weight excluding hydrogens is 997 g/mol. The third-order valence-electron chi connectivity index (χ3n) is 15.8. The molecule has 0 amide bonds. The largest absolute Gasteiger partial charge is 0.507 e. The van der Waals surface area contributed by atoms with Crippen LogP contribution in [0, 0.1) is 12.8 Å². The van der Waals surface area contributed by atoms with Gasteiger partial charge in [-0.1, -0.05) is 0 Å². The van der Waals surface area contributed by atoms with E-state index in [2.05, 4.69) is 0 Å². The summed E-state index contributed by atoms with van der Waals surface area (Å²) in [5.41, 5.74) is -1.46. The molecule has 0 saturated carbocycles. The van der Waals surface area contributed by atoms with Crippen molar-refractivity contribution in [3.05, 3.63) is 28.8 Å². The molecule has 5 aliphatic heterocycles. The van der Waals surface area contributed by atoms with Crippen LogP contribution in [-0.2, 0) is 58.6 Å². The number of phenolic OH excluding ortho intramolecular Hbond substituents is 2.